The van der Waals surface area contributed by atoms with Gasteiger partial charge in [0.25, 0.3) is 5.91 Å². The molecule has 2 amide bonds. The molecule has 2 unspecified atom stereocenters. The predicted molar refractivity (Wildman–Crippen MR) is 138 cm³/mol. The second kappa shape index (κ2) is 11.4. The minimum Gasteiger partial charge on any atom is -0.378 e. The van der Waals surface area contributed by atoms with Crippen molar-refractivity contribution in [3.63, 3.8) is 0 Å². The molecule has 0 spiro atoms. The standard InChI is InChI=1S/C23H26N4O4S3/c1-32-20(21(28)25-8-13-34(24)30)22-26-18-7-6-17(14-19(18)33-22)15-2-4-16(5-3-15)23(29)27-9-11-31-12-10-27/h2-7,14,20H,8-13,24H2,1H3,(H,25,28). The lowest BCUT2D eigenvalue weighted by atomic mass is 10.0. The number of carbonyl (C=O) groups is 2. The fourth-order valence-electron chi connectivity index (χ4n) is 3.68. The highest BCUT2D eigenvalue weighted by molar-refractivity contribution is 7.99. The molecule has 1 aliphatic rings. The van der Waals surface area contributed by atoms with E-state index in [-0.39, 0.29) is 24.1 Å². The number of morpholine rings is 1. The Morgan fingerprint density at radius 3 is 2.59 bits per heavy atom. The third-order valence-corrected chi connectivity index (χ3v) is 8.22. The van der Waals surface area contributed by atoms with E-state index in [4.69, 9.17) is 9.88 Å². The first-order chi connectivity index (χ1) is 16.5. The molecule has 4 rings (SSSR count). The largest absolute Gasteiger partial charge is 0.378 e. The number of fused-ring (bicyclic) bond motifs is 1. The summed E-state index contributed by atoms with van der Waals surface area (Å²) in [6.07, 6.45) is 1.86. The Kier molecular flexibility index (Phi) is 8.32. The van der Waals surface area contributed by atoms with Crippen LogP contribution in [0, 0.1) is 0 Å². The van der Waals surface area contributed by atoms with E-state index < -0.39 is 16.2 Å². The van der Waals surface area contributed by atoms with Crippen LogP contribution in [0.4, 0.5) is 0 Å². The number of nitrogens with two attached hydrogens (primary N) is 1. The molecule has 2 heterocycles. The summed E-state index contributed by atoms with van der Waals surface area (Å²) in [5.74, 6) is 0.0709. The molecule has 1 aliphatic heterocycles. The average Bonchev–Trinajstić information content (AvgIpc) is 3.27. The second-order valence-electron chi connectivity index (χ2n) is 7.71. The van der Waals surface area contributed by atoms with Gasteiger partial charge in [0.15, 0.2) is 0 Å². The van der Waals surface area contributed by atoms with Crippen LogP contribution in [0.15, 0.2) is 42.5 Å². The number of benzene rings is 2. The van der Waals surface area contributed by atoms with E-state index in [0.29, 0.717) is 31.9 Å². The summed E-state index contributed by atoms with van der Waals surface area (Å²) in [6, 6.07) is 13.6. The van der Waals surface area contributed by atoms with Crippen molar-refractivity contribution in [2.24, 2.45) is 5.14 Å². The Balaban J connectivity index is 1.49. The van der Waals surface area contributed by atoms with E-state index in [9.17, 15) is 13.8 Å². The Bertz CT molecular complexity index is 1190. The van der Waals surface area contributed by atoms with Gasteiger partial charge in [-0.1, -0.05) is 18.2 Å². The van der Waals surface area contributed by atoms with Gasteiger partial charge in [-0.25, -0.2) is 9.19 Å². The molecule has 0 radical (unpaired) electrons. The molecule has 0 saturated carbocycles. The molecule has 11 heteroatoms. The number of nitrogens with one attached hydrogen (secondary N) is 1. The van der Waals surface area contributed by atoms with Crippen LogP contribution >= 0.6 is 23.1 Å². The molecule has 0 bridgehead atoms. The van der Waals surface area contributed by atoms with Gasteiger partial charge in [0.2, 0.25) is 5.91 Å². The van der Waals surface area contributed by atoms with Crippen molar-refractivity contribution in [2.75, 3.05) is 44.9 Å². The van der Waals surface area contributed by atoms with Gasteiger partial charge >= 0.3 is 0 Å². The first-order valence-corrected chi connectivity index (χ1v) is 14.3. The molecule has 1 saturated heterocycles. The van der Waals surface area contributed by atoms with Crippen molar-refractivity contribution in [1.82, 2.24) is 15.2 Å². The number of rotatable bonds is 8. The predicted octanol–water partition coefficient (Wildman–Crippen LogP) is 2.58. The monoisotopic (exact) mass is 518 g/mol. The number of hydrogen-bond donors (Lipinski definition) is 2. The number of ether oxygens (including phenoxy) is 1. The van der Waals surface area contributed by atoms with Crippen LogP contribution in [0.1, 0.15) is 20.6 Å². The lowest BCUT2D eigenvalue weighted by Gasteiger charge is -2.26. The van der Waals surface area contributed by atoms with Crippen molar-refractivity contribution in [3.05, 3.63) is 53.0 Å². The van der Waals surface area contributed by atoms with Crippen LogP contribution in [0.25, 0.3) is 21.3 Å². The minimum absolute atomic E-state index is 0.0245. The van der Waals surface area contributed by atoms with Gasteiger partial charge in [0.05, 0.1) is 40.2 Å². The van der Waals surface area contributed by atoms with E-state index in [1.165, 1.54) is 23.1 Å². The van der Waals surface area contributed by atoms with Crippen molar-refractivity contribution in [3.8, 4) is 11.1 Å². The molecule has 1 fully saturated rings. The molecular weight excluding hydrogens is 492 g/mol. The van der Waals surface area contributed by atoms with E-state index in [2.05, 4.69) is 16.4 Å². The number of hydrogen-bond acceptors (Lipinski definition) is 7. The van der Waals surface area contributed by atoms with Gasteiger partial charge in [0, 0.05) is 25.2 Å². The summed E-state index contributed by atoms with van der Waals surface area (Å²) in [4.78, 5) is 31.7. The van der Waals surface area contributed by atoms with Crippen LogP contribution in [-0.2, 0) is 20.5 Å². The molecule has 3 aromatic rings. The molecule has 0 aliphatic carbocycles. The molecule has 8 nitrogen and oxygen atoms in total. The minimum atomic E-state index is -1.44. The highest BCUT2D eigenvalue weighted by Crippen LogP contribution is 2.35. The lowest BCUT2D eigenvalue weighted by molar-refractivity contribution is -0.120. The molecular formula is C23H26N4O4S3. The van der Waals surface area contributed by atoms with E-state index >= 15 is 0 Å². The number of amides is 2. The maximum Gasteiger partial charge on any atom is 0.254 e. The number of aromatic nitrogens is 1. The molecule has 3 N–H and O–H groups in total. The highest BCUT2D eigenvalue weighted by Gasteiger charge is 2.23. The highest BCUT2D eigenvalue weighted by atomic mass is 32.2. The normalized spacial score (nSPS) is 15.8. The smallest absolute Gasteiger partial charge is 0.254 e. The van der Waals surface area contributed by atoms with E-state index in [1.807, 2.05) is 47.6 Å². The van der Waals surface area contributed by atoms with Gasteiger partial charge in [0.1, 0.15) is 10.3 Å². The Morgan fingerprint density at radius 2 is 1.91 bits per heavy atom. The number of thioether (sulfide) groups is 1. The van der Waals surface area contributed by atoms with Crippen LogP contribution in [0.3, 0.4) is 0 Å². The first kappa shape index (κ1) is 24.8. The Hall–Kier alpha value is -2.31. The van der Waals surface area contributed by atoms with Gasteiger partial charge in [-0.05, 0) is 41.6 Å². The van der Waals surface area contributed by atoms with Gasteiger partial charge in [-0.15, -0.1) is 23.1 Å². The molecule has 2 atom stereocenters. The third-order valence-electron chi connectivity index (χ3n) is 5.47. The third kappa shape index (κ3) is 5.84. The molecule has 180 valence electrons. The van der Waals surface area contributed by atoms with Crippen molar-refractivity contribution in [1.29, 1.82) is 0 Å². The van der Waals surface area contributed by atoms with Crippen LogP contribution in [0.2, 0.25) is 0 Å². The summed E-state index contributed by atoms with van der Waals surface area (Å²) in [5, 5.41) is 8.30. The van der Waals surface area contributed by atoms with Crippen molar-refractivity contribution in [2.45, 2.75) is 5.25 Å². The second-order valence-corrected chi connectivity index (χ2v) is 10.9. The summed E-state index contributed by atoms with van der Waals surface area (Å²) in [6.45, 7) is 2.65. The summed E-state index contributed by atoms with van der Waals surface area (Å²) < 4.78 is 17.3. The molecule has 1 aromatic heterocycles. The summed E-state index contributed by atoms with van der Waals surface area (Å²) in [5.41, 5.74) is 3.52. The van der Waals surface area contributed by atoms with Crippen LogP contribution in [0.5, 0.6) is 0 Å². The Morgan fingerprint density at radius 1 is 1.21 bits per heavy atom. The van der Waals surface area contributed by atoms with Gasteiger partial charge in [-0.3, -0.25) is 14.7 Å². The maximum atomic E-state index is 12.7. The zero-order valence-corrected chi connectivity index (χ0v) is 21.1. The molecule has 34 heavy (non-hydrogen) atoms. The number of nitrogens with zero attached hydrogens (tertiary/aromatic N) is 2. The number of thiazole rings is 1. The van der Waals surface area contributed by atoms with Crippen LogP contribution in [-0.4, -0.2) is 70.8 Å². The Labute approximate surface area is 208 Å². The molecule has 2 aromatic carbocycles. The zero-order valence-electron chi connectivity index (χ0n) is 18.7. The first-order valence-electron chi connectivity index (χ1n) is 10.8. The summed E-state index contributed by atoms with van der Waals surface area (Å²) >= 11 is 2.89. The van der Waals surface area contributed by atoms with Crippen molar-refractivity contribution >= 4 is 56.1 Å². The lowest BCUT2D eigenvalue weighted by Crippen LogP contribution is -2.40. The fraction of sp³-hybridized carbons (Fsp3) is 0.348. The van der Waals surface area contributed by atoms with E-state index in [1.54, 1.807) is 0 Å². The summed E-state index contributed by atoms with van der Waals surface area (Å²) in [7, 11) is -1.44. The van der Waals surface area contributed by atoms with Gasteiger partial charge < -0.3 is 15.0 Å². The SMILES string of the molecule is CSC(C(=O)NCCS(N)=O)c1nc2ccc(-c3ccc(C(=O)N4CCOCC4)cc3)cc2s1. The quantitative estimate of drug-likeness (QED) is 0.474. The topological polar surface area (TPSA) is 115 Å². The van der Waals surface area contributed by atoms with E-state index in [0.717, 1.165) is 26.4 Å². The van der Waals surface area contributed by atoms with Crippen molar-refractivity contribution < 1.29 is 18.5 Å². The fourth-order valence-corrected chi connectivity index (χ4v) is 5.95. The number of carbonyl (C=O) groups excluding carboxylic acids is 2. The average molecular weight is 519 g/mol. The zero-order chi connectivity index (χ0) is 24.1. The van der Waals surface area contributed by atoms with Gasteiger partial charge in [-0.2, -0.15) is 0 Å². The van der Waals surface area contributed by atoms with Crippen LogP contribution < -0.4 is 10.5 Å². The maximum absolute atomic E-state index is 12.7.